The van der Waals surface area contributed by atoms with Crippen molar-refractivity contribution < 1.29 is 9.26 Å². The highest BCUT2D eigenvalue weighted by atomic mass is 16.5. The van der Waals surface area contributed by atoms with Crippen molar-refractivity contribution in [2.75, 3.05) is 12.4 Å². The van der Waals surface area contributed by atoms with Gasteiger partial charge < -0.3 is 14.6 Å². The molecule has 0 saturated heterocycles. The number of aryl methyl sites for hydroxylation is 1. The predicted molar refractivity (Wildman–Crippen MR) is 74.4 cm³/mol. The molecule has 0 atom stereocenters. The van der Waals surface area contributed by atoms with Crippen LogP contribution in [0.25, 0.3) is 11.0 Å². The fourth-order valence-electron chi connectivity index (χ4n) is 1.88. The Morgan fingerprint density at radius 3 is 3.00 bits per heavy atom. The quantitative estimate of drug-likeness (QED) is 0.752. The van der Waals surface area contributed by atoms with Gasteiger partial charge >= 0.3 is 0 Å². The maximum absolute atomic E-state index is 5.11. The first-order valence-corrected chi connectivity index (χ1v) is 6.39. The van der Waals surface area contributed by atoms with Crippen LogP contribution in [-0.2, 0) is 17.9 Å². The summed E-state index contributed by atoms with van der Waals surface area (Å²) in [6.45, 7) is 2.60. The zero-order valence-electron chi connectivity index (χ0n) is 11.7. The Morgan fingerprint density at radius 2 is 2.14 bits per heavy atom. The van der Waals surface area contributed by atoms with E-state index in [1.165, 1.54) is 6.33 Å². The third kappa shape index (κ3) is 2.95. The minimum Gasteiger partial charge on any atom is -0.377 e. The molecule has 108 valence electrons. The highest BCUT2D eigenvalue weighted by Crippen LogP contribution is 2.17. The molecular formula is C13H14N6O2. The lowest BCUT2D eigenvalue weighted by Gasteiger charge is -2.05. The van der Waals surface area contributed by atoms with E-state index in [1.54, 1.807) is 7.11 Å². The highest BCUT2D eigenvalue weighted by molar-refractivity contribution is 5.84. The number of rotatable bonds is 5. The van der Waals surface area contributed by atoms with Crippen LogP contribution in [0, 0.1) is 6.92 Å². The number of hydrogen-bond donors (Lipinski definition) is 1. The van der Waals surface area contributed by atoms with Crippen molar-refractivity contribution in [2.45, 2.75) is 20.1 Å². The Hall–Kier alpha value is -2.61. The molecule has 0 unspecified atom stereocenters. The molecule has 0 fully saturated rings. The first kappa shape index (κ1) is 13.4. The lowest BCUT2D eigenvalue weighted by Crippen LogP contribution is -2.04. The fourth-order valence-corrected chi connectivity index (χ4v) is 1.88. The molecule has 0 amide bonds. The molecule has 0 bridgehead atoms. The molecule has 0 aliphatic heterocycles. The van der Waals surface area contributed by atoms with E-state index >= 15 is 0 Å². The van der Waals surface area contributed by atoms with Crippen molar-refractivity contribution in [3.8, 4) is 0 Å². The van der Waals surface area contributed by atoms with E-state index in [0.29, 0.717) is 36.2 Å². The molecule has 21 heavy (non-hydrogen) atoms. The van der Waals surface area contributed by atoms with Gasteiger partial charge in [-0.2, -0.15) is 4.98 Å². The number of nitrogens with one attached hydrogen (secondary N) is 1. The SMILES string of the molecule is COCc1noc(CNc2ncnc3ccc(C)nc23)n1. The van der Waals surface area contributed by atoms with Crippen LogP contribution in [-0.4, -0.2) is 32.2 Å². The van der Waals surface area contributed by atoms with Crippen LogP contribution >= 0.6 is 0 Å². The number of pyridine rings is 1. The number of aromatic nitrogens is 5. The maximum atomic E-state index is 5.11. The summed E-state index contributed by atoms with van der Waals surface area (Å²) in [6.07, 6.45) is 1.49. The lowest BCUT2D eigenvalue weighted by molar-refractivity contribution is 0.174. The number of ether oxygens (including phenoxy) is 1. The molecule has 3 heterocycles. The zero-order valence-corrected chi connectivity index (χ0v) is 11.7. The van der Waals surface area contributed by atoms with Gasteiger partial charge in [0.25, 0.3) is 0 Å². The predicted octanol–water partition coefficient (Wildman–Crippen LogP) is 1.47. The Bertz CT molecular complexity index is 757. The maximum Gasteiger partial charge on any atom is 0.246 e. The van der Waals surface area contributed by atoms with Crippen molar-refractivity contribution in [2.24, 2.45) is 0 Å². The van der Waals surface area contributed by atoms with Crippen LogP contribution in [0.2, 0.25) is 0 Å². The molecule has 1 N–H and O–H groups in total. The number of methoxy groups -OCH3 is 1. The van der Waals surface area contributed by atoms with Crippen LogP contribution in [0.5, 0.6) is 0 Å². The van der Waals surface area contributed by atoms with Crippen molar-refractivity contribution in [1.82, 2.24) is 25.1 Å². The van der Waals surface area contributed by atoms with E-state index in [4.69, 9.17) is 9.26 Å². The topological polar surface area (TPSA) is 98.9 Å². The molecular weight excluding hydrogens is 272 g/mol. The van der Waals surface area contributed by atoms with Gasteiger partial charge in [-0.15, -0.1) is 0 Å². The number of anilines is 1. The minimum absolute atomic E-state index is 0.320. The summed E-state index contributed by atoms with van der Waals surface area (Å²) in [5.41, 5.74) is 2.40. The van der Waals surface area contributed by atoms with E-state index in [1.807, 2.05) is 19.1 Å². The number of fused-ring (bicyclic) bond motifs is 1. The van der Waals surface area contributed by atoms with E-state index in [2.05, 4.69) is 30.4 Å². The smallest absolute Gasteiger partial charge is 0.246 e. The summed E-state index contributed by atoms with van der Waals surface area (Å²) in [5, 5.41) is 6.93. The first-order valence-electron chi connectivity index (χ1n) is 6.39. The Morgan fingerprint density at radius 1 is 1.24 bits per heavy atom. The van der Waals surface area contributed by atoms with Crippen LogP contribution in [0.3, 0.4) is 0 Å². The van der Waals surface area contributed by atoms with Gasteiger partial charge in [0.15, 0.2) is 11.6 Å². The van der Waals surface area contributed by atoms with Crippen LogP contribution in [0.4, 0.5) is 5.82 Å². The van der Waals surface area contributed by atoms with E-state index in [0.717, 1.165) is 11.2 Å². The molecule has 0 saturated carbocycles. The molecule has 0 radical (unpaired) electrons. The first-order chi connectivity index (χ1) is 10.3. The van der Waals surface area contributed by atoms with Crippen LogP contribution < -0.4 is 5.32 Å². The van der Waals surface area contributed by atoms with Crippen LogP contribution in [0.1, 0.15) is 17.4 Å². The van der Waals surface area contributed by atoms with Gasteiger partial charge in [-0.1, -0.05) is 5.16 Å². The van der Waals surface area contributed by atoms with Gasteiger partial charge in [0.05, 0.1) is 12.1 Å². The van der Waals surface area contributed by atoms with Gasteiger partial charge in [-0.3, -0.25) is 0 Å². The van der Waals surface area contributed by atoms with Gasteiger partial charge in [-0.05, 0) is 19.1 Å². The zero-order chi connectivity index (χ0) is 14.7. The Kier molecular flexibility index (Phi) is 3.69. The summed E-state index contributed by atoms with van der Waals surface area (Å²) in [6, 6.07) is 3.82. The molecule has 8 heteroatoms. The number of hydrogen-bond acceptors (Lipinski definition) is 8. The fraction of sp³-hybridized carbons (Fsp3) is 0.308. The van der Waals surface area contributed by atoms with Gasteiger partial charge in [0, 0.05) is 12.8 Å². The third-order valence-corrected chi connectivity index (χ3v) is 2.81. The summed E-state index contributed by atoms with van der Waals surface area (Å²) in [5.74, 6) is 1.60. The third-order valence-electron chi connectivity index (χ3n) is 2.81. The van der Waals surface area contributed by atoms with Gasteiger partial charge in [-0.25, -0.2) is 15.0 Å². The largest absolute Gasteiger partial charge is 0.377 e. The van der Waals surface area contributed by atoms with Crippen LogP contribution in [0.15, 0.2) is 23.0 Å². The van der Waals surface area contributed by atoms with Crippen molar-refractivity contribution in [1.29, 1.82) is 0 Å². The molecule has 3 aromatic heterocycles. The molecule has 8 nitrogen and oxygen atoms in total. The standard InChI is InChI=1S/C13H14N6O2/c1-8-3-4-9-12(17-8)13(16-7-15-9)14-5-11-18-10(6-20-2)19-21-11/h3-4,7H,5-6H2,1-2H3,(H,14,15,16). The molecule has 0 spiro atoms. The van der Waals surface area contributed by atoms with Crippen molar-refractivity contribution in [3.05, 3.63) is 35.9 Å². The lowest BCUT2D eigenvalue weighted by atomic mass is 10.3. The molecule has 3 rings (SSSR count). The van der Waals surface area contributed by atoms with E-state index in [-0.39, 0.29) is 0 Å². The van der Waals surface area contributed by atoms with Crippen molar-refractivity contribution >= 4 is 16.9 Å². The molecule has 0 aliphatic rings. The minimum atomic E-state index is 0.320. The average molecular weight is 286 g/mol. The second-order valence-corrected chi connectivity index (χ2v) is 4.43. The number of nitrogens with zero attached hydrogens (tertiary/aromatic N) is 5. The van der Waals surface area contributed by atoms with Crippen molar-refractivity contribution in [3.63, 3.8) is 0 Å². The second-order valence-electron chi connectivity index (χ2n) is 4.43. The molecule has 0 aromatic carbocycles. The highest BCUT2D eigenvalue weighted by Gasteiger charge is 2.09. The summed E-state index contributed by atoms with van der Waals surface area (Å²) < 4.78 is 10.0. The van der Waals surface area contributed by atoms with E-state index < -0.39 is 0 Å². The summed E-state index contributed by atoms with van der Waals surface area (Å²) in [7, 11) is 1.58. The Labute approximate surface area is 120 Å². The molecule has 3 aromatic rings. The Balaban J connectivity index is 1.79. The average Bonchev–Trinajstić information content (AvgIpc) is 2.93. The monoisotopic (exact) mass is 286 g/mol. The summed E-state index contributed by atoms with van der Waals surface area (Å²) >= 11 is 0. The summed E-state index contributed by atoms with van der Waals surface area (Å²) in [4.78, 5) is 17.0. The second kappa shape index (κ2) is 5.80. The normalized spacial score (nSPS) is 11.0. The van der Waals surface area contributed by atoms with Gasteiger partial charge in [0.1, 0.15) is 18.5 Å². The van der Waals surface area contributed by atoms with E-state index in [9.17, 15) is 0 Å². The van der Waals surface area contributed by atoms with Gasteiger partial charge in [0.2, 0.25) is 5.89 Å². The molecule has 0 aliphatic carbocycles.